The van der Waals surface area contributed by atoms with Crippen LogP contribution in [0.2, 0.25) is 19.6 Å². The minimum Gasteiger partial charge on any atom is -0.437 e. The van der Waals surface area contributed by atoms with E-state index in [1.807, 2.05) is 12.1 Å². The zero-order valence-electron chi connectivity index (χ0n) is 26.7. The molecule has 2 unspecified atom stereocenters. The van der Waals surface area contributed by atoms with Crippen molar-refractivity contribution in [1.29, 1.82) is 0 Å². The van der Waals surface area contributed by atoms with Crippen molar-refractivity contribution in [2.75, 3.05) is 6.54 Å². The predicted octanol–water partition coefficient (Wildman–Crippen LogP) is 8.50. The summed E-state index contributed by atoms with van der Waals surface area (Å²) in [5, 5.41) is 3.65. The first-order valence-electron chi connectivity index (χ1n) is 16.0. The number of hydrogen-bond donors (Lipinski definition) is 0. The number of pyridine rings is 2. The second-order valence-corrected chi connectivity index (χ2v) is 19.1. The number of aromatic nitrogens is 2. The van der Waals surface area contributed by atoms with E-state index in [-0.39, 0.29) is 12.0 Å². The van der Waals surface area contributed by atoms with Crippen LogP contribution in [0.4, 0.5) is 0 Å². The first-order valence-corrected chi connectivity index (χ1v) is 19.5. The van der Waals surface area contributed by atoms with Gasteiger partial charge in [-0.25, -0.2) is 4.98 Å². The van der Waals surface area contributed by atoms with Crippen LogP contribution in [-0.4, -0.2) is 25.3 Å². The summed E-state index contributed by atoms with van der Waals surface area (Å²) < 4.78 is 8.98. The van der Waals surface area contributed by atoms with Crippen molar-refractivity contribution in [3.8, 4) is 11.3 Å². The Kier molecular flexibility index (Phi) is 7.04. The van der Waals surface area contributed by atoms with Crippen LogP contribution in [0.5, 0.6) is 0 Å². The van der Waals surface area contributed by atoms with E-state index in [4.69, 9.17) is 16.0 Å². The molecule has 0 saturated heterocycles. The largest absolute Gasteiger partial charge is 0.437 e. The second kappa shape index (κ2) is 10.8. The quantitative estimate of drug-likeness (QED) is 0.119. The van der Waals surface area contributed by atoms with Gasteiger partial charge < -0.3 is 4.42 Å². The number of hydrogen-bond acceptors (Lipinski definition) is 3. The maximum absolute atomic E-state index is 6.41. The zero-order valence-corrected chi connectivity index (χ0v) is 27.7. The Morgan fingerprint density at radius 2 is 1.89 bits per heavy atom. The van der Waals surface area contributed by atoms with Crippen molar-refractivity contribution >= 4 is 41.0 Å². The average Bonchev–Trinajstić information content (AvgIpc) is 3.38. The summed E-state index contributed by atoms with van der Waals surface area (Å²) in [6, 6.07) is 20.2. The highest BCUT2D eigenvalue weighted by Gasteiger charge is 2.43. The summed E-state index contributed by atoms with van der Waals surface area (Å²) in [7, 11) is -1.63. The van der Waals surface area contributed by atoms with Crippen molar-refractivity contribution < 1.29 is 8.98 Å². The molecule has 2 atom stereocenters. The van der Waals surface area contributed by atoms with Gasteiger partial charge in [-0.15, -0.1) is 0 Å². The molecule has 0 spiro atoms. The van der Waals surface area contributed by atoms with Crippen LogP contribution >= 0.6 is 0 Å². The Morgan fingerprint density at radius 1 is 1.07 bits per heavy atom. The third-order valence-electron chi connectivity index (χ3n) is 9.51. The molecule has 2 aliphatic heterocycles. The predicted molar refractivity (Wildman–Crippen MR) is 186 cm³/mol. The summed E-state index contributed by atoms with van der Waals surface area (Å²) in [5.41, 5.74) is 11.4. The SMILES string of the molecule is C=C/C1=N/CC(=C)C2C(CCc3ccc4c(oc5ncccc54)c31)c1ccccc1-c1cc(CC(C)C)c([Si](C)(C)C)c[n+]12. The molecule has 0 amide bonds. The van der Waals surface area contributed by atoms with E-state index in [1.165, 1.54) is 27.9 Å². The van der Waals surface area contributed by atoms with E-state index >= 15 is 0 Å². The maximum Gasteiger partial charge on any atom is 0.227 e. The van der Waals surface area contributed by atoms with E-state index in [2.05, 4.69) is 104 Å². The van der Waals surface area contributed by atoms with Gasteiger partial charge in [-0.1, -0.05) is 77.0 Å². The average molecular weight is 597 g/mol. The van der Waals surface area contributed by atoms with Crippen LogP contribution < -0.4 is 9.75 Å². The Balaban J connectivity index is 1.43. The van der Waals surface area contributed by atoms with Gasteiger partial charge in [-0.05, 0) is 66.1 Å². The number of allylic oxidation sites excluding steroid dienone is 1. The van der Waals surface area contributed by atoms with Crippen molar-refractivity contribution in [3.63, 3.8) is 0 Å². The number of furan rings is 1. The standard InChI is InChI=1S/C39H42N3OSi/c1-8-33-36-26(16-18-31-32-14-11-19-40-39(32)43-38(31)36)15-17-30-28-12-9-10-13-29(28)34-21-27(20-24(2)3)35(44(5,6)7)23-42(34)37(30)25(4)22-41-33/h8-14,16,18-19,21,23-24,30,37H,1,4,15,17,20,22H2,2-3,5-7H3/q+1/b41-33-. The fourth-order valence-electron chi connectivity index (χ4n) is 7.59. The van der Waals surface area contributed by atoms with Crippen LogP contribution in [0.15, 0.2) is 101 Å². The Labute approximate surface area is 261 Å². The zero-order chi connectivity index (χ0) is 30.7. The van der Waals surface area contributed by atoms with Gasteiger partial charge in [0.15, 0.2) is 12.2 Å². The molecule has 222 valence electrons. The summed E-state index contributed by atoms with van der Waals surface area (Å²) in [5.74, 6) is 0.882. The molecule has 5 heteroatoms. The molecule has 7 rings (SSSR count). The van der Waals surface area contributed by atoms with Crippen LogP contribution in [0, 0.1) is 5.92 Å². The Bertz CT molecular complexity index is 1990. The lowest BCUT2D eigenvalue weighted by atomic mass is 9.76. The fraction of sp³-hybridized carbons (Fsp3) is 0.308. The van der Waals surface area contributed by atoms with Gasteiger partial charge in [-0.2, -0.15) is 4.57 Å². The minimum atomic E-state index is -1.63. The molecule has 5 aromatic rings. The molecule has 0 saturated carbocycles. The van der Waals surface area contributed by atoms with Crippen LogP contribution in [0.3, 0.4) is 0 Å². The molecule has 0 N–H and O–H groups in total. The lowest BCUT2D eigenvalue weighted by molar-refractivity contribution is -0.708. The third-order valence-corrected chi connectivity index (χ3v) is 11.6. The first kappa shape index (κ1) is 28.7. The lowest BCUT2D eigenvalue weighted by Gasteiger charge is -2.34. The van der Waals surface area contributed by atoms with Gasteiger partial charge in [0.2, 0.25) is 11.4 Å². The smallest absolute Gasteiger partial charge is 0.227 e. The monoisotopic (exact) mass is 596 g/mol. The molecule has 2 aromatic carbocycles. The van der Waals surface area contributed by atoms with E-state index in [1.54, 1.807) is 11.4 Å². The second-order valence-electron chi connectivity index (χ2n) is 14.0. The number of fused-ring (bicyclic) bond motifs is 11. The molecule has 3 aromatic heterocycles. The molecule has 5 heterocycles. The Hall–Kier alpha value is -4.09. The van der Waals surface area contributed by atoms with Gasteiger partial charge in [0, 0.05) is 44.9 Å². The molecule has 2 aliphatic rings. The van der Waals surface area contributed by atoms with Gasteiger partial charge in [0.1, 0.15) is 5.58 Å². The summed E-state index contributed by atoms with van der Waals surface area (Å²) >= 11 is 0. The highest BCUT2D eigenvalue weighted by molar-refractivity contribution is 6.89. The lowest BCUT2D eigenvalue weighted by Crippen LogP contribution is -2.54. The molecule has 0 bridgehead atoms. The van der Waals surface area contributed by atoms with E-state index < -0.39 is 8.07 Å². The van der Waals surface area contributed by atoms with Gasteiger partial charge in [-0.3, -0.25) is 4.99 Å². The van der Waals surface area contributed by atoms with Crippen molar-refractivity contribution in [2.24, 2.45) is 10.9 Å². The van der Waals surface area contributed by atoms with Gasteiger partial charge in [0.05, 0.1) is 26.2 Å². The molecule has 0 aliphatic carbocycles. The van der Waals surface area contributed by atoms with Gasteiger partial charge >= 0.3 is 0 Å². The molecule has 0 fully saturated rings. The number of benzene rings is 2. The summed E-state index contributed by atoms with van der Waals surface area (Å²) in [4.78, 5) is 9.71. The summed E-state index contributed by atoms with van der Waals surface area (Å²) in [6.07, 6.45) is 9.16. The van der Waals surface area contributed by atoms with E-state index in [0.717, 1.165) is 52.5 Å². The van der Waals surface area contributed by atoms with Crippen LogP contribution in [0.1, 0.15) is 54.5 Å². The summed E-state index contributed by atoms with van der Waals surface area (Å²) in [6.45, 7) is 21.6. The van der Waals surface area contributed by atoms with E-state index in [9.17, 15) is 0 Å². The first-order chi connectivity index (χ1) is 21.2. The number of aryl methyl sites for hydroxylation is 1. The van der Waals surface area contributed by atoms with Crippen LogP contribution in [0.25, 0.3) is 33.3 Å². The molecule has 4 nitrogen and oxygen atoms in total. The Morgan fingerprint density at radius 3 is 2.66 bits per heavy atom. The molecular formula is C39H42N3OSi+. The van der Waals surface area contributed by atoms with Crippen molar-refractivity contribution in [2.45, 2.75) is 64.7 Å². The topological polar surface area (TPSA) is 42.3 Å². The number of rotatable bonds is 4. The maximum atomic E-state index is 6.41. The minimum absolute atomic E-state index is 0.124. The molecule has 44 heavy (non-hydrogen) atoms. The highest BCUT2D eigenvalue weighted by Crippen LogP contribution is 2.44. The highest BCUT2D eigenvalue weighted by atomic mass is 28.3. The number of aliphatic imine (C=N–C) groups is 1. The third kappa shape index (κ3) is 4.69. The fourth-order valence-corrected chi connectivity index (χ4v) is 9.26. The van der Waals surface area contributed by atoms with Crippen molar-refractivity contribution in [1.82, 2.24) is 4.98 Å². The van der Waals surface area contributed by atoms with Gasteiger partial charge in [0.25, 0.3) is 0 Å². The normalized spacial score (nSPS) is 19.6. The van der Waals surface area contributed by atoms with Crippen LogP contribution in [-0.2, 0) is 12.8 Å². The number of nitrogens with zero attached hydrogens (tertiary/aromatic N) is 3. The molecular weight excluding hydrogens is 555 g/mol. The van der Waals surface area contributed by atoms with Crippen molar-refractivity contribution in [3.05, 3.63) is 114 Å². The van der Waals surface area contributed by atoms with E-state index in [0.29, 0.717) is 18.2 Å². The molecule has 0 radical (unpaired) electrons.